The van der Waals surface area contributed by atoms with Crippen molar-refractivity contribution >= 4 is 27.8 Å². The van der Waals surface area contributed by atoms with Gasteiger partial charge in [0.25, 0.3) is 0 Å². The minimum Gasteiger partial charge on any atom is -0.310 e. The van der Waals surface area contributed by atoms with E-state index in [1.165, 1.54) is 88.7 Å². The summed E-state index contributed by atoms with van der Waals surface area (Å²) in [6, 6.07) is 87.8. The molecule has 10 aromatic carbocycles. The van der Waals surface area contributed by atoms with Crippen molar-refractivity contribution in [3.05, 3.63) is 270 Å². The van der Waals surface area contributed by atoms with Gasteiger partial charge in [0.1, 0.15) is 0 Å². The first kappa shape index (κ1) is 37.1. The molecule has 0 amide bonds. The third kappa shape index (κ3) is 5.70. The zero-order chi connectivity index (χ0) is 42.1. The maximum atomic E-state index is 2.51. The number of hydrogen-bond acceptors (Lipinski definition) is 1. The Labute approximate surface area is 370 Å². The van der Waals surface area contributed by atoms with E-state index in [1.54, 1.807) is 0 Å². The van der Waals surface area contributed by atoms with Crippen LogP contribution in [0.3, 0.4) is 0 Å². The van der Waals surface area contributed by atoms with E-state index in [0.29, 0.717) is 0 Å². The summed E-state index contributed by atoms with van der Waals surface area (Å²) in [5, 5.41) is 2.51. The molecule has 0 spiro atoms. The molecule has 2 aliphatic rings. The SMILES string of the molecule is CC1(C)c2ccccc2-c2ccc(N(c3ccc(-c4cccc(-c5ccc6ccccc6c5)c4)cc3)c3cccc4c3-c3ccccc3C4(c3ccccc3)c3ccccc3)cc21. The normalized spacial score (nSPS) is 13.8. The highest BCUT2D eigenvalue weighted by atomic mass is 15.1. The Kier molecular flexibility index (Phi) is 8.49. The molecule has 0 saturated carbocycles. The fourth-order valence-corrected chi connectivity index (χ4v) is 11.0. The maximum Gasteiger partial charge on any atom is 0.0714 e. The van der Waals surface area contributed by atoms with Crippen LogP contribution in [0.5, 0.6) is 0 Å². The molecule has 1 nitrogen and oxygen atoms in total. The zero-order valence-electron chi connectivity index (χ0n) is 35.5. The molecule has 0 aromatic heterocycles. The van der Waals surface area contributed by atoms with Crippen molar-refractivity contribution in [2.75, 3.05) is 4.90 Å². The van der Waals surface area contributed by atoms with E-state index in [-0.39, 0.29) is 5.41 Å². The van der Waals surface area contributed by atoms with Gasteiger partial charge in [-0.2, -0.15) is 0 Å². The van der Waals surface area contributed by atoms with Crippen molar-refractivity contribution in [1.29, 1.82) is 0 Å². The van der Waals surface area contributed by atoms with Crippen LogP contribution >= 0.6 is 0 Å². The van der Waals surface area contributed by atoms with Gasteiger partial charge in [-0.1, -0.05) is 208 Å². The maximum absolute atomic E-state index is 2.51. The summed E-state index contributed by atoms with van der Waals surface area (Å²) in [7, 11) is 0. The quantitative estimate of drug-likeness (QED) is 0.155. The molecule has 63 heavy (non-hydrogen) atoms. The van der Waals surface area contributed by atoms with Crippen molar-refractivity contribution in [3.8, 4) is 44.5 Å². The third-order valence-corrected chi connectivity index (χ3v) is 13.9. The highest BCUT2D eigenvalue weighted by Gasteiger charge is 2.47. The molecule has 12 rings (SSSR count). The molecule has 298 valence electrons. The van der Waals surface area contributed by atoms with Gasteiger partial charge in [0.05, 0.1) is 11.1 Å². The second-order valence-corrected chi connectivity index (χ2v) is 17.7. The van der Waals surface area contributed by atoms with Crippen LogP contribution in [0.2, 0.25) is 0 Å². The fourth-order valence-electron chi connectivity index (χ4n) is 11.0. The molecule has 1 heteroatoms. The number of anilines is 3. The second kappa shape index (κ2) is 14.4. The number of rotatable bonds is 7. The Morgan fingerprint density at radius 3 is 1.60 bits per heavy atom. The van der Waals surface area contributed by atoms with Gasteiger partial charge in [-0.25, -0.2) is 0 Å². The van der Waals surface area contributed by atoms with Gasteiger partial charge in [-0.05, 0) is 126 Å². The zero-order valence-corrected chi connectivity index (χ0v) is 35.5. The monoisotopic (exact) mass is 803 g/mol. The molecule has 0 unspecified atom stereocenters. The Bertz CT molecular complexity index is 3320. The van der Waals surface area contributed by atoms with Crippen molar-refractivity contribution in [2.24, 2.45) is 0 Å². The summed E-state index contributed by atoms with van der Waals surface area (Å²) in [6.45, 7) is 4.74. The molecule has 0 fully saturated rings. The molecule has 10 aromatic rings. The first-order chi connectivity index (χ1) is 31.0. The molecule has 0 bridgehead atoms. The van der Waals surface area contributed by atoms with Gasteiger partial charge in [-0.3, -0.25) is 0 Å². The summed E-state index contributed by atoms with van der Waals surface area (Å²) in [6.07, 6.45) is 0. The number of hydrogen-bond donors (Lipinski definition) is 0. The first-order valence-corrected chi connectivity index (χ1v) is 22.1. The van der Waals surface area contributed by atoms with Gasteiger partial charge in [0, 0.05) is 22.4 Å². The lowest BCUT2D eigenvalue weighted by Crippen LogP contribution is -2.28. The summed E-state index contributed by atoms with van der Waals surface area (Å²) in [4.78, 5) is 2.51. The molecule has 0 N–H and O–H groups in total. The van der Waals surface area contributed by atoms with Gasteiger partial charge < -0.3 is 4.90 Å². The van der Waals surface area contributed by atoms with Crippen molar-refractivity contribution in [3.63, 3.8) is 0 Å². The average Bonchev–Trinajstić information content (AvgIpc) is 3.78. The van der Waals surface area contributed by atoms with Gasteiger partial charge in [0.2, 0.25) is 0 Å². The highest BCUT2D eigenvalue weighted by molar-refractivity contribution is 5.98. The van der Waals surface area contributed by atoms with Crippen molar-refractivity contribution < 1.29 is 0 Å². The lowest BCUT2D eigenvalue weighted by molar-refractivity contribution is 0.660. The molecular formula is C62H45N. The van der Waals surface area contributed by atoms with E-state index in [2.05, 4.69) is 255 Å². The Balaban J connectivity index is 1.05. The van der Waals surface area contributed by atoms with Crippen LogP contribution in [-0.2, 0) is 10.8 Å². The van der Waals surface area contributed by atoms with Crippen LogP contribution in [0.25, 0.3) is 55.3 Å². The average molecular weight is 804 g/mol. The number of nitrogens with zero attached hydrogens (tertiary/aromatic N) is 1. The largest absolute Gasteiger partial charge is 0.310 e. The summed E-state index contributed by atoms with van der Waals surface area (Å²) < 4.78 is 0. The topological polar surface area (TPSA) is 3.24 Å². The molecule has 0 atom stereocenters. The summed E-state index contributed by atoms with van der Waals surface area (Å²) in [5.41, 5.74) is 20.6. The van der Waals surface area contributed by atoms with Gasteiger partial charge in [0.15, 0.2) is 0 Å². The smallest absolute Gasteiger partial charge is 0.0714 e. The summed E-state index contributed by atoms with van der Waals surface area (Å²) >= 11 is 0. The standard InChI is InChI=1S/C62H45N/c1-61(2)55-27-13-11-25-52(55)53-38-37-51(41-58(53)61)63(50-35-33-43(34-36-50)45-19-15-20-46(39-45)47-32-31-42-17-9-10-18-44(42)40-47)59-30-16-29-57-60(59)54-26-12-14-28-56(54)62(57,48-21-5-3-6-22-48)49-23-7-4-8-24-49/h3-41H,1-2H3. The van der Waals surface area contributed by atoms with E-state index in [9.17, 15) is 0 Å². The predicted molar refractivity (Wildman–Crippen MR) is 264 cm³/mol. The van der Waals surface area contributed by atoms with E-state index in [1.807, 2.05) is 0 Å². The molecular weight excluding hydrogens is 759 g/mol. The minimum absolute atomic E-state index is 0.144. The van der Waals surface area contributed by atoms with Crippen molar-refractivity contribution in [2.45, 2.75) is 24.7 Å². The second-order valence-electron chi connectivity index (χ2n) is 17.7. The van der Waals surface area contributed by atoms with Crippen LogP contribution in [0.15, 0.2) is 237 Å². The van der Waals surface area contributed by atoms with Crippen molar-refractivity contribution in [1.82, 2.24) is 0 Å². The van der Waals surface area contributed by atoms with E-state index >= 15 is 0 Å². The molecule has 0 radical (unpaired) electrons. The van der Waals surface area contributed by atoms with Crippen LogP contribution in [-0.4, -0.2) is 0 Å². The van der Waals surface area contributed by atoms with Crippen LogP contribution in [0, 0.1) is 0 Å². The molecule has 2 aliphatic carbocycles. The predicted octanol–water partition coefficient (Wildman–Crippen LogP) is 16.3. The summed E-state index contributed by atoms with van der Waals surface area (Å²) in [5.74, 6) is 0. The Morgan fingerprint density at radius 1 is 0.317 bits per heavy atom. The lowest BCUT2D eigenvalue weighted by Gasteiger charge is -2.34. The van der Waals surface area contributed by atoms with E-state index < -0.39 is 5.41 Å². The third-order valence-electron chi connectivity index (χ3n) is 13.9. The minimum atomic E-state index is -0.502. The van der Waals surface area contributed by atoms with Gasteiger partial charge >= 0.3 is 0 Å². The first-order valence-electron chi connectivity index (χ1n) is 22.1. The van der Waals surface area contributed by atoms with E-state index in [4.69, 9.17) is 0 Å². The fraction of sp³-hybridized carbons (Fsp3) is 0.0645. The van der Waals surface area contributed by atoms with Crippen LogP contribution in [0.4, 0.5) is 17.1 Å². The highest BCUT2D eigenvalue weighted by Crippen LogP contribution is 2.60. The van der Waals surface area contributed by atoms with Gasteiger partial charge in [-0.15, -0.1) is 0 Å². The van der Waals surface area contributed by atoms with Crippen LogP contribution in [0.1, 0.15) is 47.2 Å². The van der Waals surface area contributed by atoms with Crippen LogP contribution < -0.4 is 4.90 Å². The molecule has 0 aliphatic heterocycles. The molecule has 0 saturated heterocycles. The lowest BCUT2D eigenvalue weighted by atomic mass is 9.68. The number of benzene rings is 10. The Morgan fingerprint density at radius 2 is 0.857 bits per heavy atom. The molecule has 0 heterocycles. The van der Waals surface area contributed by atoms with E-state index in [0.717, 1.165) is 17.1 Å². The Hall–Kier alpha value is -7.74. The number of fused-ring (bicyclic) bond motifs is 7.